The number of ether oxygens (including phenoxy) is 1. The Balaban J connectivity index is 1.88. The van der Waals surface area contributed by atoms with Crippen molar-refractivity contribution in [2.75, 3.05) is 20.2 Å². The first-order chi connectivity index (χ1) is 10.3. The van der Waals surface area contributed by atoms with Crippen LogP contribution >= 0.6 is 0 Å². The molecule has 1 atom stereocenters. The van der Waals surface area contributed by atoms with Crippen molar-refractivity contribution in [2.24, 2.45) is 0 Å². The van der Waals surface area contributed by atoms with Crippen molar-refractivity contribution in [3.05, 3.63) is 42.1 Å². The van der Waals surface area contributed by atoms with Crippen molar-refractivity contribution < 1.29 is 4.74 Å². The zero-order chi connectivity index (χ0) is 14.7. The third-order valence-corrected chi connectivity index (χ3v) is 4.15. The second kappa shape index (κ2) is 6.22. The van der Waals surface area contributed by atoms with Crippen LogP contribution in [-0.2, 0) is 0 Å². The summed E-state index contributed by atoms with van der Waals surface area (Å²) in [7, 11) is 1.62. The highest BCUT2D eigenvalue weighted by molar-refractivity contribution is 5.56. The molecule has 0 bridgehead atoms. The summed E-state index contributed by atoms with van der Waals surface area (Å²) in [5.74, 6) is 1.31. The van der Waals surface area contributed by atoms with Crippen molar-refractivity contribution in [3.8, 4) is 17.3 Å². The minimum Gasteiger partial charge on any atom is -0.481 e. The van der Waals surface area contributed by atoms with Crippen LogP contribution in [0.3, 0.4) is 0 Å². The summed E-state index contributed by atoms with van der Waals surface area (Å²) in [6.45, 7) is 4.67. The predicted molar refractivity (Wildman–Crippen MR) is 83.2 cm³/mol. The molecule has 0 spiro atoms. The van der Waals surface area contributed by atoms with E-state index in [9.17, 15) is 0 Å². The van der Waals surface area contributed by atoms with Gasteiger partial charge in [-0.25, -0.2) is 4.98 Å². The summed E-state index contributed by atoms with van der Waals surface area (Å²) in [4.78, 5) is 11.3. The number of nitrogens with zero attached hydrogens (tertiary/aromatic N) is 3. The van der Waals surface area contributed by atoms with Gasteiger partial charge in [-0.3, -0.25) is 4.90 Å². The molecule has 2 aromatic rings. The molecule has 0 radical (unpaired) electrons. The van der Waals surface area contributed by atoms with Crippen LogP contribution in [-0.4, -0.2) is 35.1 Å². The summed E-state index contributed by atoms with van der Waals surface area (Å²) in [6.07, 6.45) is 4.35. The van der Waals surface area contributed by atoms with E-state index in [1.807, 2.05) is 0 Å². The monoisotopic (exact) mass is 283 g/mol. The lowest BCUT2D eigenvalue weighted by atomic mass is 10.0. The highest BCUT2D eigenvalue weighted by Crippen LogP contribution is 2.27. The van der Waals surface area contributed by atoms with Gasteiger partial charge in [0.25, 0.3) is 0 Å². The predicted octanol–water partition coefficient (Wildman–Crippen LogP) is 3.31. The summed E-state index contributed by atoms with van der Waals surface area (Å²) < 4.78 is 5.18. The Labute approximate surface area is 125 Å². The molecule has 4 nitrogen and oxygen atoms in total. The van der Waals surface area contributed by atoms with Crippen molar-refractivity contribution in [1.29, 1.82) is 0 Å². The fourth-order valence-electron chi connectivity index (χ4n) is 2.87. The summed E-state index contributed by atoms with van der Waals surface area (Å²) in [5.41, 5.74) is 2.36. The largest absolute Gasteiger partial charge is 0.481 e. The molecule has 0 saturated carbocycles. The lowest BCUT2D eigenvalue weighted by Gasteiger charge is -2.24. The Hall–Kier alpha value is -1.94. The molecule has 1 fully saturated rings. The normalized spacial score (nSPS) is 16.9. The maximum atomic E-state index is 5.18. The van der Waals surface area contributed by atoms with Crippen LogP contribution < -0.4 is 4.74 Å². The average Bonchev–Trinajstić information content (AvgIpc) is 3.09. The third kappa shape index (κ3) is 3.05. The first kappa shape index (κ1) is 14.0. The van der Waals surface area contributed by atoms with Crippen molar-refractivity contribution in [1.82, 2.24) is 14.9 Å². The van der Waals surface area contributed by atoms with Crippen LogP contribution in [0.2, 0.25) is 0 Å². The lowest BCUT2D eigenvalue weighted by Crippen LogP contribution is -2.23. The standard InChI is InChI=1S/C17H21N3O/c1-13(20-10-3-4-11-20)14-6-5-7-15(12-14)17-18-9-8-16(19-17)21-2/h5-9,12-13H,3-4,10-11H2,1-2H3/t13-/m1/s1. The van der Waals surface area contributed by atoms with E-state index >= 15 is 0 Å². The van der Waals surface area contributed by atoms with Crippen molar-refractivity contribution in [2.45, 2.75) is 25.8 Å². The summed E-state index contributed by atoms with van der Waals surface area (Å²) >= 11 is 0. The Kier molecular flexibility index (Phi) is 4.15. The molecule has 1 aliphatic heterocycles. The number of hydrogen-bond acceptors (Lipinski definition) is 4. The lowest BCUT2D eigenvalue weighted by molar-refractivity contribution is 0.263. The molecule has 4 heteroatoms. The first-order valence-corrected chi connectivity index (χ1v) is 7.49. The minimum absolute atomic E-state index is 0.443. The van der Waals surface area contributed by atoms with Crippen molar-refractivity contribution in [3.63, 3.8) is 0 Å². The number of methoxy groups -OCH3 is 1. The molecule has 0 aliphatic carbocycles. The zero-order valence-corrected chi connectivity index (χ0v) is 12.6. The van der Waals surface area contributed by atoms with Crippen LogP contribution in [0.15, 0.2) is 36.5 Å². The van der Waals surface area contributed by atoms with Crippen LogP contribution in [0.1, 0.15) is 31.4 Å². The quantitative estimate of drug-likeness (QED) is 0.863. The molecule has 1 aliphatic rings. The fraction of sp³-hybridized carbons (Fsp3) is 0.412. The van der Waals surface area contributed by atoms with E-state index in [-0.39, 0.29) is 0 Å². The van der Waals surface area contributed by atoms with Crippen LogP contribution in [0.25, 0.3) is 11.4 Å². The van der Waals surface area contributed by atoms with E-state index in [1.54, 1.807) is 19.4 Å². The third-order valence-electron chi connectivity index (χ3n) is 4.15. The van der Waals surface area contributed by atoms with Gasteiger partial charge in [-0.1, -0.05) is 18.2 Å². The van der Waals surface area contributed by atoms with Gasteiger partial charge in [0.05, 0.1) is 7.11 Å². The first-order valence-electron chi connectivity index (χ1n) is 7.49. The number of likely N-dealkylation sites (tertiary alicyclic amines) is 1. The van der Waals surface area contributed by atoms with Gasteiger partial charge in [0.2, 0.25) is 5.88 Å². The molecule has 0 unspecified atom stereocenters. The molecule has 1 aromatic carbocycles. The molecule has 3 rings (SSSR count). The topological polar surface area (TPSA) is 38.2 Å². The molecular weight excluding hydrogens is 262 g/mol. The van der Waals surface area contributed by atoms with Crippen LogP contribution in [0.4, 0.5) is 0 Å². The van der Waals surface area contributed by atoms with Crippen LogP contribution in [0.5, 0.6) is 5.88 Å². The van der Waals surface area contributed by atoms with Crippen LogP contribution in [0, 0.1) is 0 Å². The van der Waals surface area contributed by atoms with Gasteiger partial charge in [0, 0.05) is 23.9 Å². The fourth-order valence-corrected chi connectivity index (χ4v) is 2.87. The zero-order valence-electron chi connectivity index (χ0n) is 12.6. The molecule has 1 saturated heterocycles. The Morgan fingerprint density at radius 2 is 2.00 bits per heavy atom. The van der Waals surface area contributed by atoms with Crippen molar-refractivity contribution >= 4 is 0 Å². The van der Waals surface area contributed by atoms with E-state index < -0.39 is 0 Å². The Morgan fingerprint density at radius 1 is 1.19 bits per heavy atom. The molecule has 2 heterocycles. The Morgan fingerprint density at radius 3 is 2.76 bits per heavy atom. The maximum absolute atomic E-state index is 5.18. The smallest absolute Gasteiger partial charge is 0.216 e. The highest BCUT2D eigenvalue weighted by Gasteiger charge is 2.19. The van der Waals surface area contributed by atoms with Gasteiger partial charge >= 0.3 is 0 Å². The van der Waals surface area contributed by atoms with Gasteiger partial charge in [0.15, 0.2) is 5.82 Å². The number of benzene rings is 1. The van der Waals surface area contributed by atoms with E-state index in [1.165, 1.54) is 31.5 Å². The van der Waals surface area contributed by atoms with Gasteiger partial charge in [-0.2, -0.15) is 4.98 Å². The van der Waals surface area contributed by atoms with Gasteiger partial charge in [-0.05, 0) is 44.5 Å². The maximum Gasteiger partial charge on any atom is 0.216 e. The molecule has 0 amide bonds. The minimum atomic E-state index is 0.443. The Bertz CT molecular complexity index is 608. The molecular formula is C17H21N3O. The second-order valence-corrected chi connectivity index (χ2v) is 5.47. The molecule has 1 aromatic heterocycles. The highest BCUT2D eigenvalue weighted by atomic mass is 16.5. The summed E-state index contributed by atoms with van der Waals surface area (Å²) in [6, 6.07) is 10.7. The number of rotatable bonds is 4. The van der Waals surface area contributed by atoms with E-state index in [4.69, 9.17) is 4.74 Å². The summed E-state index contributed by atoms with van der Waals surface area (Å²) in [5, 5.41) is 0. The number of aromatic nitrogens is 2. The van der Waals surface area contributed by atoms with E-state index in [0.717, 1.165) is 5.56 Å². The molecule has 110 valence electrons. The van der Waals surface area contributed by atoms with E-state index in [0.29, 0.717) is 17.7 Å². The SMILES string of the molecule is COc1ccnc(-c2cccc([C@@H](C)N3CCCC3)c2)n1. The van der Waals surface area contributed by atoms with Gasteiger partial charge in [0.1, 0.15) is 0 Å². The molecule has 21 heavy (non-hydrogen) atoms. The average molecular weight is 283 g/mol. The second-order valence-electron chi connectivity index (χ2n) is 5.47. The molecule has 0 N–H and O–H groups in total. The van der Waals surface area contributed by atoms with Gasteiger partial charge < -0.3 is 4.74 Å². The van der Waals surface area contributed by atoms with E-state index in [2.05, 4.69) is 46.1 Å². The number of hydrogen-bond donors (Lipinski definition) is 0. The van der Waals surface area contributed by atoms with Gasteiger partial charge in [-0.15, -0.1) is 0 Å².